The Morgan fingerprint density at radius 2 is 2.10 bits per heavy atom. The number of anilines is 1. The lowest BCUT2D eigenvalue weighted by atomic mass is 9.95. The fourth-order valence-corrected chi connectivity index (χ4v) is 2.39. The summed E-state index contributed by atoms with van der Waals surface area (Å²) in [6, 6.07) is 3.18. The summed E-state index contributed by atoms with van der Waals surface area (Å²) in [6.45, 7) is 0. The van der Waals surface area contributed by atoms with E-state index in [1.165, 1.54) is 25.7 Å². The van der Waals surface area contributed by atoms with Crippen LogP contribution in [-0.4, -0.2) is 29.0 Å². The summed E-state index contributed by atoms with van der Waals surface area (Å²) in [5.74, 6) is -1.02. The van der Waals surface area contributed by atoms with Crippen LogP contribution in [0.25, 0.3) is 0 Å². The van der Waals surface area contributed by atoms with Gasteiger partial charge in [-0.25, -0.2) is 4.79 Å². The minimum Gasteiger partial charge on any atom is -0.463 e. The molecule has 0 aromatic carbocycles. The van der Waals surface area contributed by atoms with Crippen molar-refractivity contribution in [1.29, 1.82) is 0 Å². The first kappa shape index (κ1) is 14.2. The maximum absolute atomic E-state index is 11.4. The number of pyridine rings is 1. The molecule has 0 saturated heterocycles. The average molecular weight is 279 g/mol. The van der Waals surface area contributed by atoms with E-state index in [4.69, 9.17) is 0 Å². The molecule has 0 aliphatic heterocycles. The van der Waals surface area contributed by atoms with E-state index < -0.39 is 10.9 Å². The standard InChI is InChI=1S/C13H17N3O4/c1-20-13(17)11-8-7-10(12(15-11)16(18)19)14-9-5-3-2-4-6-9/h7-9,14H,2-6H2,1H3. The molecule has 1 saturated carbocycles. The monoisotopic (exact) mass is 279 g/mol. The van der Waals surface area contributed by atoms with E-state index in [0.29, 0.717) is 5.69 Å². The minimum absolute atomic E-state index is 0.0617. The number of nitrogens with one attached hydrogen (secondary N) is 1. The van der Waals surface area contributed by atoms with Crippen molar-refractivity contribution in [2.45, 2.75) is 38.1 Å². The molecular weight excluding hydrogens is 262 g/mol. The van der Waals surface area contributed by atoms with Crippen molar-refractivity contribution in [2.75, 3.05) is 12.4 Å². The summed E-state index contributed by atoms with van der Waals surface area (Å²) in [4.78, 5) is 25.6. The van der Waals surface area contributed by atoms with Crippen molar-refractivity contribution >= 4 is 17.5 Å². The van der Waals surface area contributed by atoms with Crippen LogP contribution in [0.3, 0.4) is 0 Å². The van der Waals surface area contributed by atoms with E-state index in [9.17, 15) is 14.9 Å². The Kier molecular flexibility index (Phi) is 4.49. The van der Waals surface area contributed by atoms with Gasteiger partial charge in [0.05, 0.1) is 7.11 Å². The van der Waals surface area contributed by atoms with Gasteiger partial charge in [-0.05, 0) is 34.9 Å². The molecule has 1 fully saturated rings. The lowest BCUT2D eigenvalue weighted by Gasteiger charge is -2.23. The number of hydrogen-bond acceptors (Lipinski definition) is 6. The van der Waals surface area contributed by atoms with Crippen LogP contribution in [0.2, 0.25) is 0 Å². The van der Waals surface area contributed by atoms with E-state index in [1.54, 1.807) is 0 Å². The van der Waals surface area contributed by atoms with Gasteiger partial charge in [-0.1, -0.05) is 19.3 Å². The highest BCUT2D eigenvalue weighted by molar-refractivity contribution is 5.88. The smallest absolute Gasteiger partial charge is 0.387 e. The summed E-state index contributed by atoms with van der Waals surface area (Å²) in [5, 5.41) is 14.2. The third kappa shape index (κ3) is 3.23. The largest absolute Gasteiger partial charge is 0.463 e. The van der Waals surface area contributed by atoms with Crippen molar-refractivity contribution in [3.8, 4) is 0 Å². The predicted molar refractivity (Wildman–Crippen MR) is 72.7 cm³/mol. The third-order valence-electron chi connectivity index (χ3n) is 3.41. The zero-order chi connectivity index (χ0) is 14.5. The number of aromatic nitrogens is 1. The van der Waals surface area contributed by atoms with E-state index >= 15 is 0 Å². The normalized spacial score (nSPS) is 15.7. The van der Waals surface area contributed by atoms with Crippen LogP contribution in [0, 0.1) is 10.1 Å². The Labute approximate surface area is 116 Å². The molecule has 20 heavy (non-hydrogen) atoms. The molecular formula is C13H17N3O4. The molecule has 1 heterocycles. The summed E-state index contributed by atoms with van der Waals surface area (Å²) >= 11 is 0. The van der Waals surface area contributed by atoms with Crippen molar-refractivity contribution in [3.63, 3.8) is 0 Å². The van der Waals surface area contributed by atoms with E-state index in [0.717, 1.165) is 25.7 Å². The Morgan fingerprint density at radius 3 is 2.70 bits per heavy atom. The summed E-state index contributed by atoms with van der Waals surface area (Å²) in [7, 11) is 1.21. The van der Waals surface area contributed by atoms with Gasteiger partial charge < -0.3 is 20.2 Å². The number of carbonyl (C=O) groups excluding carboxylic acids is 1. The summed E-state index contributed by atoms with van der Waals surface area (Å²) in [6.07, 6.45) is 5.45. The molecule has 0 bridgehead atoms. The van der Waals surface area contributed by atoms with Gasteiger partial charge >= 0.3 is 11.8 Å². The van der Waals surface area contributed by atoms with E-state index in [-0.39, 0.29) is 17.6 Å². The van der Waals surface area contributed by atoms with Crippen LogP contribution in [0.15, 0.2) is 12.1 Å². The Morgan fingerprint density at radius 1 is 1.40 bits per heavy atom. The molecule has 0 unspecified atom stereocenters. The molecule has 108 valence electrons. The average Bonchev–Trinajstić information content (AvgIpc) is 2.47. The van der Waals surface area contributed by atoms with Crippen molar-refractivity contribution in [3.05, 3.63) is 27.9 Å². The Hall–Kier alpha value is -2.18. The molecule has 7 nitrogen and oxygen atoms in total. The molecule has 0 amide bonds. The maximum atomic E-state index is 11.4. The predicted octanol–water partition coefficient (Wildman–Crippen LogP) is 2.52. The van der Waals surface area contributed by atoms with Crippen molar-refractivity contribution in [1.82, 2.24) is 4.98 Å². The molecule has 2 rings (SSSR count). The Bertz CT molecular complexity index is 512. The fraction of sp³-hybridized carbons (Fsp3) is 0.538. The molecule has 1 aromatic rings. The van der Waals surface area contributed by atoms with Gasteiger partial charge in [-0.2, -0.15) is 0 Å². The summed E-state index contributed by atoms with van der Waals surface area (Å²) in [5.41, 5.74) is 0.294. The molecule has 1 N–H and O–H groups in total. The van der Waals surface area contributed by atoms with Crippen LogP contribution in [-0.2, 0) is 4.74 Å². The van der Waals surface area contributed by atoms with Crippen LogP contribution in [0.5, 0.6) is 0 Å². The van der Waals surface area contributed by atoms with Gasteiger partial charge in [0.15, 0.2) is 0 Å². The van der Waals surface area contributed by atoms with Crippen LogP contribution >= 0.6 is 0 Å². The molecule has 1 aromatic heterocycles. The molecule has 0 radical (unpaired) electrons. The topological polar surface area (TPSA) is 94.4 Å². The number of carbonyl (C=O) groups is 1. The highest BCUT2D eigenvalue weighted by Gasteiger charge is 2.24. The van der Waals surface area contributed by atoms with Gasteiger partial charge in [-0.15, -0.1) is 0 Å². The number of hydrogen-bond donors (Lipinski definition) is 1. The molecule has 0 atom stereocenters. The second-order valence-electron chi connectivity index (χ2n) is 4.80. The maximum Gasteiger partial charge on any atom is 0.387 e. The SMILES string of the molecule is COC(=O)c1ccc(NC2CCCCC2)c([N+](=O)[O-])n1. The Balaban J connectivity index is 2.23. The molecule has 0 spiro atoms. The van der Waals surface area contributed by atoms with Gasteiger partial charge in [0.2, 0.25) is 0 Å². The van der Waals surface area contributed by atoms with Gasteiger partial charge in [-0.3, -0.25) is 0 Å². The van der Waals surface area contributed by atoms with Crippen LogP contribution < -0.4 is 5.32 Å². The number of methoxy groups -OCH3 is 1. The number of nitro groups is 1. The van der Waals surface area contributed by atoms with Crippen LogP contribution in [0.4, 0.5) is 11.5 Å². The number of rotatable bonds is 4. The van der Waals surface area contributed by atoms with Crippen molar-refractivity contribution < 1.29 is 14.5 Å². The quantitative estimate of drug-likeness (QED) is 0.517. The summed E-state index contributed by atoms with van der Waals surface area (Å²) < 4.78 is 4.52. The first-order valence-corrected chi connectivity index (χ1v) is 6.62. The second-order valence-corrected chi connectivity index (χ2v) is 4.80. The molecule has 1 aliphatic carbocycles. The van der Waals surface area contributed by atoms with E-state index in [1.807, 2.05) is 0 Å². The fourth-order valence-electron chi connectivity index (χ4n) is 2.39. The first-order chi connectivity index (χ1) is 9.61. The van der Waals surface area contributed by atoms with Gasteiger partial charge in [0.25, 0.3) is 5.69 Å². The van der Waals surface area contributed by atoms with Gasteiger partial charge in [0.1, 0.15) is 5.69 Å². The highest BCUT2D eigenvalue weighted by atomic mass is 16.6. The van der Waals surface area contributed by atoms with Crippen molar-refractivity contribution in [2.24, 2.45) is 0 Å². The second kappa shape index (κ2) is 6.31. The number of ether oxygens (including phenoxy) is 1. The minimum atomic E-state index is -0.683. The molecule has 1 aliphatic rings. The number of esters is 1. The van der Waals surface area contributed by atoms with E-state index in [2.05, 4.69) is 15.0 Å². The third-order valence-corrected chi connectivity index (χ3v) is 3.41. The zero-order valence-electron chi connectivity index (χ0n) is 11.3. The van der Waals surface area contributed by atoms with Gasteiger partial charge in [0, 0.05) is 6.04 Å². The first-order valence-electron chi connectivity index (χ1n) is 6.62. The zero-order valence-corrected chi connectivity index (χ0v) is 11.3. The lowest BCUT2D eigenvalue weighted by Crippen LogP contribution is -2.23. The highest BCUT2D eigenvalue weighted by Crippen LogP contribution is 2.27. The molecule has 7 heteroatoms. The number of nitrogens with zero attached hydrogens (tertiary/aromatic N) is 2. The van der Waals surface area contributed by atoms with Crippen LogP contribution in [0.1, 0.15) is 42.6 Å². The lowest BCUT2D eigenvalue weighted by molar-refractivity contribution is -0.388.